The fourth-order valence-electron chi connectivity index (χ4n) is 1.07. The minimum atomic E-state index is 0.890. The maximum Gasteiger partial charge on any atom is 0.0462 e. The Morgan fingerprint density at radius 1 is 1.15 bits per heavy atom. The van der Waals surface area contributed by atoms with Crippen LogP contribution < -0.4 is 5.32 Å². The van der Waals surface area contributed by atoms with Crippen molar-refractivity contribution in [1.29, 1.82) is 0 Å². The van der Waals surface area contributed by atoms with Gasteiger partial charge in [-0.2, -0.15) is 0 Å². The number of rotatable bonds is 8. The predicted molar refractivity (Wildman–Crippen MR) is 56.7 cm³/mol. The third kappa shape index (κ3) is 11.5. The van der Waals surface area contributed by atoms with E-state index in [2.05, 4.69) is 17.2 Å². The van der Waals surface area contributed by atoms with Crippen LogP contribution in [0.15, 0.2) is 0 Å². The van der Waals surface area contributed by atoms with E-state index in [0.717, 1.165) is 26.1 Å². The van der Waals surface area contributed by atoms with Crippen molar-refractivity contribution >= 4 is 0 Å². The molecule has 0 amide bonds. The van der Waals surface area contributed by atoms with Gasteiger partial charge in [-0.25, -0.2) is 0 Å². The maximum atomic E-state index is 4.96. The van der Waals surface area contributed by atoms with Crippen molar-refractivity contribution in [3.63, 3.8) is 0 Å². The Bertz CT molecular complexity index is 146. The molecule has 0 saturated heterocycles. The molecule has 0 aliphatic heterocycles. The SMILES string of the molecule is CC#CCCNCCCCCOC. The Morgan fingerprint density at radius 3 is 2.69 bits per heavy atom. The molecule has 0 fully saturated rings. The summed E-state index contributed by atoms with van der Waals surface area (Å²) in [6, 6.07) is 0. The maximum absolute atomic E-state index is 4.96. The van der Waals surface area contributed by atoms with Crippen molar-refractivity contribution in [2.45, 2.75) is 32.6 Å². The van der Waals surface area contributed by atoms with Crippen LogP contribution in [-0.2, 0) is 4.74 Å². The van der Waals surface area contributed by atoms with E-state index in [4.69, 9.17) is 4.74 Å². The Morgan fingerprint density at radius 2 is 2.00 bits per heavy atom. The van der Waals surface area contributed by atoms with Crippen molar-refractivity contribution in [3.05, 3.63) is 0 Å². The van der Waals surface area contributed by atoms with E-state index >= 15 is 0 Å². The first-order valence-corrected chi connectivity index (χ1v) is 5.01. The van der Waals surface area contributed by atoms with Gasteiger partial charge in [-0.05, 0) is 32.7 Å². The molecule has 0 spiro atoms. The molecule has 0 aromatic carbocycles. The van der Waals surface area contributed by atoms with Gasteiger partial charge in [0.1, 0.15) is 0 Å². The first kappa shape index (κ1) is 12.5. The predicted octanol–water partition coefficient (Wildman–Crippen LogP) is 1.81. The lowest BCUT2D eigenvalue weighted by atomic mass is 10.2. The van der Waals surface area contributed by atoms with Crippen molar-refractivity contribution < 1.29 is 4.74 Å². The molecule has 0 aromatic heterocycles. The topological polar surface area (TPSA) is 21.3 Å². The zero-order valence-electron chi connectivity index (χ0n) is 8.86. The van der Waals surface area contributed by atoms with E-state index in [1.165, 1.54) is 19.3 Å². The smallest absolute Gasteiger partial charge is 0.0462 e. The lowest BCUT2D eigenvalue weighted by molar-refractivity contribution is 0.192. The molecule has 0 aliphatic carbocycles. The summed E-state index contributed by atoms with van der Waals surface area (Å²) in [6.07, 6.45) is 4.63. The summed E-state index contributed by atoms with van der Waals surface area (Å²) in [5.41, 5.74) is 0. The molecule has 0 aromatic rings. The molecular formula is C11H21NO. The number of hydrogen-bond donors (Lipinski definition) is 1. The molecule has 0 radical (unpaired) electrons. The molecule has 0 aliphatic rings. The summed E-state index contributed by atoms with van der Waals surface area (Å²) in [7, 11) is 1.75. The Kier molecular flexibility index (Phi) is 11.0. The quantitative estimate of drug-likeness (QED) is 0.458. The minimum absolute atomic E-state index is 0.890. The van der Waals surface area contributed by atoms with Crippen LogP contribution in [0.3, 0.4) is 0 Å². The number of nitrogens with one attached hydrogen (secondary N) is 1. The van der Waals surface area contributed by atoms with Crippen LogP contribution in [0.2, 0.25) is 0 Å². The van der Waals surface area contributed by atoms with E-state index in [-0.39, 0.29) is 0 Å². The van der Waals surface area contributed by atoms with Gasteiger partial charge in [0.05, 0.1) is 0 Å². The van der Waals surface area contributed by atoms with E-state index in [1.807, 2.05) is 6.92 Å². The van der Waals surface area contributed by atoms with Gasteiger partial charge in [-0.15, -0.1) is 11.8 Å². The van der Waals surface area contributed by atoms with Gasteiger partial charge < -0.3 is 10.1 Å². The van der Waals surface area contributed by atoms with E-state index in [9.17, 15) is 0 Å². The molecular weight excluding hydrogens is 162 g/mol. The second-order valence-electron chi connectivity index (χ2n) is 2.98. The Hall–Kier alpha value is -0.520. The fraction of sp³-hybridized carbons (Fsp3) is 0.818. The van der Waals surface area contributed by atoms with Crippen LogP contribution in [0.4, 0.5) is 0 Å². The number of hydrogen-bond acceptors (Lipinski definition) is 2. The van der Waals surface area contributed by atoms with E-state index < -0.39 is 0 Å². The second kappa shape index (κ2) is 11.5. The molecule has 2 nitrogen and oxygen atoms in total. The fourth-order valence-corrected chi connectivity index (χ4v) is 1.07. The normalized spacial score (nSPS) is 9.38. The molecule has 0 heterocycles. The second-order valence-corrected chi connectivity index (χ2v) is 2.98. The number of ether oxygens (including phenoxy) is 1. The molecule has 1 N–H and O–H groups in total. The van der Waals surface area contributed by atoms with Gasteiger partial charge in [-0.3, -0.25) is 0 Å². The zero-order chi connectivity index (χ0) is 9.78. The van der Waals surface area contributed by atoms with Gasteiger partial charge in [0.25, 0.3) is 0 Å². The highest BCUT2D eigenvalue weighted by atomic mass is 16.5. The summed E-state index contributed by atoms with van der Waals surface area (Å²) in [4.78, 5) is 0. The molecule has 0 rings (SSSR count). The van der Waals surface area contributed by atoms with Gasteiger partial charge >= 0.3 is 0 Å². The Labute approximate surface area is 82.1 Å². The van der Waals surface area contributed by atoms with Crippen molar-refractivity contribution in [2.24, 2.45) is 0 Å². The molecule has 76 valence electrons. The lowest BCUT2D eigenvalue weighted by Gasteiger charge is -2.01. The van der Waals surface area contributed by atoms with Crippen LogP contribution in [0.25, 0.3) is 0 Å². The lowest BCUT2D eigenvalue weighted by Crippen LogP contribution is -2.16. The van der Waals surface area contributed by atoms with Gasteiger partial charge in [-0.1, -0.05) is 0 Å². The molecule has 0 atom stereocenters. The average Bonchev–Trinajstić information content (AvgIpc) is 2.16. The largest absolute Gasteiger partial charge is 0.385 e. The van der Waals surface area contributed by atoms with Crippen molar-refractivity contribution in [2.75, 3.05) is 26.8 Å². The Balaban J connectivity index is 2.86. The average molecular weight is 183 g/mol. The van der Waals surface area contributed by atoms with E-state index in [1.54, 1.807) is 7.11 Å². The van der Waals surface area contributed by atoms with Gasteiger partial charge in [0, 0.05) is 26.7 Å². The van der Waals surface area contributed by atoms with Crippen LogP contribution in [-0.4, -0.2) is 26.8 Å². The molecule has 13 heavy (non-hydrogen) atoms. The first-order chi connectivity index (χ1) is 6.41. The van der Waals surface area contributed by atoms with Gasteiger partial charge in [0.15, 0.2) is 0 Å². The van der Waals surface area contributed by atoms with Crippen LogP contribution in [0.5, 0.6) is 0 Å². The van der Waals surface area contributed by atoms with Crippen LogP contribution >= 0.6 is 0 Å². The first-order valence-electron chi connectivity index (χ1n) is 5.01. The van der Waals surface area contributed by atoms with Crippen molar-refractivity contribution in [1.82, 2.24) is 5.32 Å². The summed E-state index contributed by atoms with van der Waals surface area (Å²) >= 11 is 0. The summed E-state index contributed by atoms with van der Waals surface area (Å²) in [5.74, 6) is 5.91. The van der Waals surface area contributed by atoms with Crippen LogP contribution in [0, 0.1) is 11.8 Å². The zero-order valence-corrected chi connectivity index (χ0v) is 8.86. The number of methoxy groups -OCH3 is 1. The summed E-state index contributed by atoms with van der Waals surface area (Å²) < 4.78 is 4.96. The minimum Gasteiger partial charge on any atom is -0.385 e. The molecule has 2 heteroatoms. The highest BCUT2D eigenvalue weighted by Gasteiger charge is 1.88. The molecule has 0 saturated carbocycles. The third-order valence-electron chi connectivity index (χ3n) is 1.81. The number of unbranched alkanes of at least 4 members (excludes halogenated alkanes) is 2. The highest BCUT2D eigenvalue weighted by molar-refractivity contribution is 4.94. The molecule has 0 bridgehead atoms. The third-order valence-corrected chi connectivity index (χ3v) is 1.81. The van der Waals surface area contributed by atoms with Crippen LogP contribution in [0.1, 0.15) is 32.6 Å². The van der Waals surface area contributed by atoms with E-state index in [0.29, 0.717) is 0 Å². The monoisotopic (exact) mass is 183 g/mol. The highest BCUT2D eigenvalue weighted by Crippen LogP contribution is 1.93. The van der Waals surface area contributed by atoms with Crippen molar-refractivity contribution in [3.8, 4) is 11.8 Å². The summed E-state index contributed by atoms with van der Waals surface area (Å²) in [5, 5.41) is 3.35. The standard InChI is InChI=1S/C11H21NO/c1-3-4-6-9-12-10-7-5-8-11-13-2/h12H,5-11H2,1-2H3. The molecule has 0 unspecified atom stereocenters. The van der Waals surface area contributed by atoms with Gasteiger partial charge in [0.2, 0.25) is 0 Å². The summed E-state index contributed by atoms with van der Waals surface area (Å²) in [6.45, 7) is 4.90.